The van der Waals surface area contributed by atoms with Crippen LogP contribution in [0.3, 0.4) is 0 Å². The largest absolute Gasteiger partial charge is 0.384 e. The van der Waals surface area contributed by atoms with Crippen molar-refractivity contribution in [3.8, 4) is 0 Å². The van der Waals surface area contributed by atoms with E-state index in [2.05, 4.69) is 0 Å². The zero-order valence-corrected chi connectivity index (χ0v) is 12.5. The number of carbonyl (C=O) groups excluding carboxylic acids is 1. The van der Waals surface area contributed by atoms with Crippen molar-refractivity contribution in [2.24, 2.45) is 5.41 Å². The fraction of sp³-hybridized carbons (Fsp3) is 0.588. The normalized spacial score (nSPS) is 27.4. The fourth-order valence-electron chi connectivity index (χ4n) is 3.59. The van der Waals surface area contributed by atoms with Crippen LogP contribution in [0, 0.1) is 5.41 Å². The monoisotopic (exact) mass is 289 g/mol. The van der Waals surface area contributed by atoms with Crippen LogP contribution in [0.1, 0.15) is 31.2 Å². The molecule has 4 nitrogen and oxygen atoms in total. The van der Waals surface area contributed by atoms with E-state index in [9.17, 15) is 9.90 Å². The molecule has 2 aliphatic rings. The number of β-amino-alcohol motifs (C(OH)–C–C–N with tert-alkyl or cyclic N) is 1. The van der Waals surface area contributed by atoms with E-state index < -0.39 is 5.60 Å². The number of carbonyl (C=O) groups is 1. The van der Waals surface area contributed by atoms with E-state index in [1.165, 1.54) is 0 Å². The van der Waals surface area contributed by atoms with Crippen molar-refractivity contribution >= 4 is 5.91 Å². The van der Waals surface area contributed by atoms with E-state index in [-0.39, 0.29) is 11.3 Å². The molecule has 4 heteroatoms. The minimum Gasteiger partial charge on any atom is -0.384 e. The van der Waals surface area contributed by atoms with Crippen molar-refractivity contribution in [1.29, 1.82) is 0 Å². The summed E-state index contributed by atoms with van der Waals surface area (Å²) < 4.78 is 5.26. The predicted molar refractivity (Wildman–Crippen MR) is 79.7 cm³/mol. The number of nitrogens with zero attached hydrogens (tertiary/aromatic N) is 1. The Morgan fingerprint density at radius 2 is 2.00 bits per heavy atom. The standard InChI is InChI=1S/C17H23NO3/c1-21-13-16(8-5-9-16)15(19)18-11-10-17(20,12-18)14-6-3-2-4-7-14/h2-4,6-7,20H,5,8-13H2,1H3/t17-/m1/s1. The van der Waals surface area contributed by atoms with Gasteiger partial charge in [0.1, 0.15) is 5.60 Å². The molecule has 1 aliphatic carbocycles. The van der Waals surface area contributed by atoms with E-state index in [1.54, 1.807) is 7.11 Å². The molecule has 1 aliphatic heterocycles. The Hall–Kier alpha value is -1.39. The molecule has 0 bridgehead atoms. The Bertz CT molecular complexity index is 512. The van der Waals surface area contributed by atoms with Gasteiger partial charge in [0.05, 0.1) is 18.6 Å². The number of methoxy groups -OCH3 is 1. The molecule has 0 spiro atoms. The van der Waals surface area contributed by atoms with Crippen LogP contribution in [0.5, 0.6) is 0 Å². The second-order valence-electron chi connectivity index (χ2n) is 6.44. The Morgan fingerprint density at radius 1 is 1.29 bits per heavy atom. The number of ether oxygens (including phenoxy) is 1. The molecule has 1 heterocycles. The van der Waals surface area contributed by atoms with Crippen molar-refractivity contribution in [2.75, 3.05) is 26.8 Å². The van der Waals surface area contributed by atoms with Gasteiger partial charge in [-0.05, 0) is 24.8 Å². The lowest BCUT2D eigenvalue weighted by atomic mass is 9.68. The van der Waals surface area contributed by atoms with Gasteiger partial charge in [-0.2, -0.15) is 0 Å². The Labute approximate surface area is 125 Å². The van der Waals surface area contributed by atoms with Crippen LogP contribution in [0.25, 0.3) is 0 Å². The maximum absolute atomic E-state index is 12.8. The van der Waals surface area contributed by atoms with Crippen LogP contribution in [-0.4, -0.2) is 42.7 Å². The smallest absolute Gasteiger partial charge is 0.231 e. The molecule has 1 saturated heterocycles. The number of hydrogen-bond acceptors (Lipinski definition) is 3. The second kappa shape index (κ2) is 5.43. The van der Waals surface area contributed by atoms with Gasteiger partial charge in [-0.3, -0.25) is 4.79 Å². The third-order valence-electron chi connectivity index (χ3n) is 5.03. The van der Waals surface area contributed by atoms with Crippen LogP contribution in [0.4, 0.5) is 0 Å². The molecule has 1 amide bonds. The number of amides is 1. The van der Waals surface area contributed by atoms with Gasteiger partial charge in [-0.1, -0.05) is 36.8 Å². The van der Waals surface area contributed by atoms with Crippen LogP contribution in [-0.2, 0) is 15.1 Å². The first kappa shape index (κ1) is 14.5. The topological polar surface area (TPSA) is 49.8 Å². The van der Waals surface area contributed by atoms with Crippen molar-refractivity contribution < 1.29 is 14.6 Å². The molecule has 1 N–H and O–H groups in total. The molecule has 1 atom stereocenters. The van der Waals surface area contributed by atoms with Crippen molar-refractivity contribution in [3.05, 3.63) is 35.9 Å². The highest BCUT2D eigenvalue weighted by atomic mass is 16.5. The third-order valence-corrected chi connectivity index (χ3v) is 5.03. The van der Waals surface area contributed by atoms with Gasteiger partial charge in [-0.25, -0.2) is 0 Å². The number of hydrogen-bond donors (Lipinski definition) is 1. The zero-order valence-electron chi connectivity index (χ0n) is 12.5. The van der Waals surface area contributed by atoms with Crippen LogP contribution >= 0.6 is 0 Å². The maximum Gasteiger partial charge on any atom is 0.231 e. The van der Waals surface area contributed by atoms with E-state index in [0.717, 1.165) is 24.8 Å². The van der Waals surface area contributed by atoms with Crippen LogP contribution in [0.15, 0.2) is 30.3 Å². The molecule has 2 fully saturated rings. The number of benzene rings is 1. The first-order valence-corrected chi connectivity index (χ1v) is 7.66. The molecule has 114 valence electrons. The predicted octanol–water partition coefficient (Wildman–Crippen LogP) is 1.92. The highest BCUT2D eigenvalue weighted by Gasteiger charge is 2.49. The molecule has 1 aromatic rings. The summed E-state index contributed by atoms with van der Waals surface area (Å²) in [5.41, 5.74) is -0.347. The lowest BCUT2D eigenvalue weighted by Crippen LogP contribution is -2.50. The van der Waals surface area contributed by atoms with E-state index >= 15 is 0 Å². The summed E-state index contributed by atoms with van der Waals surface area (Å²) in [7, 11) is 1.65. The average molecular weight is 289 g/mol. The van der Waals surface area contributed by atoms with Gasteiger partial charge < -0.3 is 14.7 Å². The third kappa shape index (κ3) is 2.47. The Balaban J connectivity index is 1.73. The van der Waals surface area contributed by atoms with Gasteiger partial charge in [0, 0.05) is 13.7 Å². The van der Waals surface area contributed by atoms with Gasteiger partial charge in [0.25, 0.3) is 0 Å². The van der Waals surface area contributed by atoms with Crippen LogP contribution < -0.4 is 0 Å². The van der Waals surface area contributed by atoms with E-state index in [4.69, 9.17) is 4.74 Å². The SMILES string of the molecule is COCC1(C(=O)N2CC[C@](O)(c3ccccc3)C2)CCC1. The summed E-state index contributed by atoms with van der Waals surface area (Å²) >= 11 is 0. The van der Waals surface area contributed by atoms with Gasteiger partial charge in [0.15, 0.2) is 0 Å². The molecule has 3 rings (SSSR count). The zero-order chi connectivity index (χ0) is 14.9. The molecule has 1 saturated carbocycles. The maximum atomic E-state index is 12.8. The number of likely N-dealkylation sites (tertiary alicyclic amines) is 1. The summed E-state index contributed by atoms with van der Waals surface area (Å²) in [6.45, 7) is 1.50. The van der Waals surface area contributed by atoms with Crippen molar-refractivity contribution in [2.45, 2.75) is 31.3 Å². The minimum atomic E-state index is -0.908. The van der Waals surface area contributed by atoms with Crippen molar-refractivity contribution in [1.82, 2.24) is 4.90 Å². The highest BCUT2D eigenvalue weighted by Crippen LogP contribution is 2.44. The Morgan fingerprint density at radius 3 is 2.57 bits per heavy atom. The second-order valence-corrected chi connectivity index (χ2v) is 6.44. The lowest BCUT2D eigenvalue weighted by Gasteiger charge is -2.42. The summed E-state index contributed by atoms with van der Waals surface area (Å²) in [6.07, 6.45) is 3.50. The molecule has 21 heavy (non-hydrogen) atoms. The first-order chi connectivity index (χ1) is 10.1. The van der Waals surface area contributed by atoms with E-state index in [0.29, 0.717) is 26.1 Å². The average Bonchev–Trinajstić information content (AvgIpc) is 2.87. The summed E-state index contributed by atoms with van der Waals surface area (Å²) in [4.78, 5) is 14.6. The first-order valence-electron chi connectivity index (χ1n) is 7.66. The lowest BCUT2D eigenvalue weighted by molar-refractivity contribution is -0.152. The summed E-state index contributed by atoms with van der Waals surface area (Å²) in [5.74, 6) is 0.155. The Kier molecular flexibility index (Phi) is 3.76. The molecule has 1 aromatic carbocycles. The highest BCUT2D eigenvalue weighted by molar-refractivity contribution is 5.84. The molecule has 0 unspecified atom stereocenters. The van der Waals surface area contributed by atoms with Crippen molar-refractivity contribution in [3.63, 3.8) is 0 Å². The van der Waals surface area contributed by atoms with Gasteiger partial charge >= 0.3 is 0 Å². The van der Waals surface area contributed by atoms with Gasteiger partial charge in [-0.15, -0.1) is 0 Å². The molecule has 0 radical (unpaired) electrons. The molecular formula is C17H23NO3. The quantitative estimate of drug-likeness (QED) is 0.921. The van der Waals surface area contributed by atoms with Crippen LogP contribution in [0.2, 0.25) is 0 Å². The minimum absolute atomic E-state index is 0.155. The molecule has 0 aromatic heterocycles. The van der Waals surface area contributed by atoms with Gasteiger partial charge in [0.2, 0.25) is 5.91 Å². The number of rotatable bonds is 4. The van der Waals surface area contributed by atoms with E-state index in [1.807, 2.05) is 35.2 Å². The number of aliphatic hydroxyl groups is 1. The summed E-state index contributed by atoms with van der Waals surface area (Å²) in [5, 5.41) is 10.8. The molecular weight excluding hydrogens is 266 g/mol. The fourth-order valence-corrected chi connectivity index (χ4v) is 3.59. The summed E-state index contributed by atoms with van der Waals surface area (Å²) in [6, 6.07) is 9.66.